The lowest BCUT2D eigenvalue weighted by atomic mass is 9.73. The number of piperidine rings is 1. The molecule has 0 saturated carbocycles. The van der Waals surface area contributed by atoms with Gasteiger partial charge >= 0.3 is 0 Å². The van der Waals surface area contributed by atoms with E-state index in [2.05, 4.69) is 25.6 Å². The van der Waals surface area contributed by atoms with Crippen LogP contribution in [0.2, 0.25) is 0 Å². The molecule has 3 nitrogen and oxygen atoms in total. The summed E-state index contributed by atoms with van der Waals surface area (Å²) < 4.78 is 5.89. The van der Waals surface area contributed by atoms with E-state index in [-0.39, 0.29) is 23.6 Å². The van der Waals surface area contributed by atoms with Gasteiger partial charge in [0.15, 0.2) is 0 Å². The molecule has 1 aromatic rings. The Kier molecular flexibility index (Phi) is 3.85. The first-order chi connectivity index (χ1) is 10.2. The Hall–Kier alpha value is -1.61. The number of fused-ring (bicyclic) bond motifs is 1. The predicted molar refractivity (Wildman–Crippen MR) is 82.5 cm³/mol. The quantitative estimate of drug-likeness (QED) is 0.790. The van der Waals surface area contributed by atoms with Crippen LogP contribution in [-0.2, 0) is 9.53 Å². The van der Waals surface area contributed by atoms with Gasteiger partial charge in [0, 0.05) is 0 Å². The summed E-state index contributed by atoms with van der Waals surface area (Å²) in [4.78, 5) is 15.1. The Bertz CT molecular complexity index is 527. The van der Waals surface area contributed by atoms with Gasteiger partial charge in [-0.25, -0.2) is 0 Å². The Morgan fingerprint density at radius 1 is 1.43 bits per heavy atom. The Morgan fingerprint density at radius 3 is 2.86 bits per heavy atom. The molecule has 3 heteroatoms. The van der Waals surface area contributed by atoms with Crippen LogP contribution in [0.4, 0.5) is 0 Å². The fraction of sp³-hybridized carbons (Fsp3) is 0.500. The lowest BCUT2D eigenvalue weighted by Gasteiger charge is -2.43. The van der Waals surface area contributed by atoms with Gasteiger partial charge in [0.25, 0.3) is 0 Å². The van der Waals surface area contributed by atoms with Gasteiger partial charge in [0.05, 0.1) is 18.1 Å². The molecule has 0 spiro atoms. The van der Waals surface area contributed by atoms with Crippen LogP contribution in [-0.4, -0.2) is 23.6 Å². The second kappa shape index (κ2) is 5.64. The zero-order valence-corrected chi connectivity index (χ0v) is 12.6. The van der Waals surface area contributed by atoms with Gasteiger partial charge in [-0.15, -0.1) is 6.58 Å². The van der Waals surface area contributed by atoms with E-state index in [1.54, 1.807) is 0 Å². The van der Waals surface area contributed by atoms with Crippen LogP contribution in [0.5, 0.6) is 0 Å². The SMILES string of the molecule is C=CC[C@@]1(CC)CC[C@H]2OC[C@H](c3ccccc3)N2C1=O. The summed E-state index contributed by atoms with van der Waals surface area (Å²) >= 11 is 0. The van der Waals surface area contributed by atoms with Gasteiger partial charge in [0.2, 0.25) is 5.91 Å². The van der Waals surface area contributed by atoms with Crippen molar-refractivity contribution < 1.29 is 9.53 Å². The third-order valence-corrected chi connectivity index (χ3v) is 5.05. The van der Waals surface area contributed by atoms with Crippen LogP contribution >= 0.6 is 0 Å². The zero-order valence-electron chi connectivity index (χ0n) is 12.6. The maximum atomic E-state index is 13.1. The molecular weight excluding hydrogens is 262 g/mol. The van der Waals surface area contributed by atoms with E-state index in [0.717, 1.165) is 25.7 Å². The molecule has 2 saturated heterocycles. The first-order valence-electron chi connectivity index (χ1n) is 7.82. The van der Waals surface area contributed by atoms with Crippen LogP contribution in [0.15, 0.2) is 43.0 Å². The molecule has 21 heavy (non-hydrogen) atoms. The normalized spacial score (nSPS) is 32.0. The Balaban J connectivity index is 1.92. The monoisotopic (exact) mass is 285 g/mol. The van der Waals surface area contributed by atoms with Crippen molar-refractivity contribution in [2.24, 2.45) is 5.41 Å². The van der Waals surface area contributed by atoms with Crippen LogP contribution in [0.1, 0.15) is 44.2 Å². The van der Waals surface area contributed by atoms with E-state index in [1.807, 2.05) is 29.2 Å². The average Bonchev–Trinajstić information content (AvgIpc) is 2.96. The number of benzene rings is 1. The smallest absolute Gasteiger partial charge is 0.231 e. The van der Waals surface area contributed by atoms with E-state index in [0.29, 0.717) is 6.61 Å². The van der Waals surface area contributed by atoms with E-state index in [9.17, 15) is 4.79 Å². The van der Waals surface area contributed by atoms with Crippen molar-refractivity contribution in [3.63, 3.8) is 0 Å². The van der Waals surface area contributed by atoms with E-state index in [4.69, 9.17) is 4.74 Å². The van der Waals surface area contributed by atoms with Crippen molar-refractivity contribution in [1.29, 1.82) is 0 Å². The molecule has 0 radical (unpaired) electrons. The van der Waals surface area contributed by atoms with Crippen molar-refractivity contribution in [2.45, 2.75) is 44.9 Å². The first-order valence-corrected chi connectivity index (χ1v) is 7.82. The minimum Gasteiger partial charge on any atom is -0.356 e. The molecule has 1 amide bonds. The van der Waals surface area contributed by atoms with Gasteiger partial charge in [-0.1, -0.05) is 43.3 Å². The molecule has 2 fully saturated rings. The molecule has 3 rings (SSSR count). The second-order valence-electron chi connectivity index (χ2n) is 6.09. The standard InChI is InChI=1S/C18H23NO2/c1-3-11-18(4-2)12-10-16-19(17(18)20)15(13-21-16)14-8-6-5-7-9-14/h3,5-9,15-16H,1,4,10-13H2,2H3/t15-,16-,18+/m1/s1. The number of ether oxygens (including phenoxy) is 1. The molecule has 0 aromatic heterocycles. The Morgan fingerprint density at radius 2 is 2.19 bits per heavy atom. The van der Waals surface area contributed by atoms with Crippen LogP contribution in [0.3, 0.4) is 0 Å². The first kappa shape index (κ1) is 14.3. The molecule has 1 aromatic carbocycles. The molecule has 2 heterocycles. The van der Waals surface area contributed by atoms with Crippen molar-refractivity contribution in [2.75, 3.05) is 6.61 Å². The molecule has 0 unspecified atom stereocenters. The van der Waals surface area contributed by atoms with E-state index >= 15 is 0 Å². The molecule has 2 aliphatic rings. The fourth-order valence-electron chi connectivity index (χ4n) is 3.71. The third kappa shape index (κ3) is 2.30. The topological polar surface area (TPSA) is 29.5 Å². The van der Waals surface area contributed by atoms with E-state index < -0.39 is 0 Å². The lowest BCUT2D eigenvalue weighted by Crippen LogP contribution is -2.51. The summed E-state index contributed by atoms with van der Waals surface area (Å²) in [6, 6.07) is 10.3. The summed E-state index contributed by atoms with van der Waals surface area (Å²) in [5.74, 6) is 0.243. The maximum Gasteiger partial charge on any atom is 0.231 e. The summed E-state index contributed by atoms with van der Waals surface area (Å²) in [6.45, 7) is 6.56. The number of carbonyl (C=O) groups excluding carboxylic acids is 1. The van der Waals surface area contributed by atoms with Crippen molar-refractivity contribution in [3.8, 4) is 0 Å². The highest BCUT2D eigenvalue weighted by atomic mass is 16.5. The van der Waals surface area contributed by atoms with Crippen LogP contribution < -0.4 is 0 Å². The van der Waals surface area contributed by atoms with Gasteiger partial charge in [-0.2, -0.15) is 0 Å². The van der Waals surface area contributed by atoms with Gasteiger partial charge in [-0.3, -0.25) is 4.79 Å². The van der Waals surface area contributed by atoms with E-state index in [1.165, 1.54) is 5.56 Å². The summed E-state index contributed by atoms with van der Waals surface area (Å²) in [5.41, 5.74) is 0.887. The summed E-state index contributed by atoms with van der Waals surface area (Å²) in [5, 5.41) is 0. The zero-order chi connectivity index (χ0) is 14.9. The highest BCUT2D eigenvalue weighted by molar-refractivity contribution is 5.84. The van der Waals surface area contributed by atoms with Crippen molar-refractivity contribution in [1.82, 2.24) is 4.90 Å². The number of hydrogen-bond donors (Lipinski definition) is 0. The van der Waals surface area contributed by atoms with Crippen molar-refractivity contribution >= 4 is 5.91 Å². The highest BCUT2D eigenvalue weighted by Crippen LogP contribution is 2.46. The van der Waals surface area contributed by atoms with Crippen molar-refractivity contribution in [3.05, 3.63) is 48.6 Å². The third-order valence-electron chi connectivity index (χ3n) is 5.05. The average molecular weight is 285 g/mol. The van der Waals surface area contributed by atoms with Gasteiger partial charge in [0.1, 0.15) is 6.23 Å². The minimum absolute atomic E-state index is 0.0489. The molecule has 0 aliphatic carbocycles. The maximum absolute atomic E-state index is 13.1. The number of nitrogens with zero attached hydrogens (tertiary/aromatic N) is 1. The lowest BCUT2D eigenvalue weighted by molar-refractivity contribution is -0.157. The molecular formula is C18H23NO2. The predicted octanol–water partition coefficient (Wildman–Crippen LogP) is 3.68. The summed E-state index contributed by atoms with van der Waals surface area (Å²) in [6.07, 6.45) is 5.28. The molecule has 2 aliphatic heterocycles. The fourth-order valence-corrected chi connectivity index (χ4v) is 3.71. The largest absolute Gasteiger partial charge is 0.356 e. The number of carbonyl (C=O) groups is 1. The second-order valence-corrected chi connectivity index (χ2v) is 6.09. The van der Waals surface area contributed by atoms with Crippen LogP contribution in [0.25, 0.3) is 0 Å². The summed E-state index contributed by atoms with van der Waals surface area (Å²) in [7, 11) is 0. The number of allylic oxidation sites excluding steroid dienone is 1. The number of hydrogen-bond acceptors (Lipinski definition) is 2. The van der Waals surface area contributed by atoms with Gasteiger partial charge in [-0.05, 0) is 31.2 Å². The number of amides is 1. The molecule has 0 bridgehead atoms. The minimum atomic E-state index is -0.279. The highest BCUT2D eigenvalue weighted by Gasteiger charge is 2.50. The Labute approximate surface area is 126 Å². The van der Waals surface area contributed by atoms with Gasteiger partial charge < -0.3 is 9.64 Å². The molecule has 3 atom stereocenters. The number of rotatable bonds is 4. The molecule has 0 N–H and O–H groups in total. The van der Waals surface area contributed by atoms with Crippen LogP contribution in [0, 0.1) is 5.41 Å². The molecule has 112 valence electrons.